The predicted octanol–water partition coefficient (Wildman–Crippen LogP) is 3.96. The van der Waals surface area contributed by atoms with Crippen LogP contribution in [0.3, 0.4) is 0 Å². The van der Waals surface area contributed by atoms with Crippen molar-refractivity contribution in [2.45, 2.75) is 38.3 Å². The van der Waals surface area contributed by atoms with Crippen molar-refractivity contribution in [2.75, 3.05) is 19.6 Å². The number of halogens is 2. The van der Waals surface area contributed by atoms with Gasteiger partial charge in [-0.05, 0) is 56.8 Å². The van der Waals surface area contributed by atoms with E-state index < -0.39 is 0 Å². The zero-order valence-electron chi connectivity index (χ0n) is 11.7. The van der Waals surface area contributed by atoms with Crippen molar-refractivity contribution in [1.29, 1.82) is 0 Å². The van der Waals surface area contributed by atoms with Crippen molar-refractivity contribution in [2.24, 2.45) is 5.92 Å². The van der Waals surface area contributed by atoms with Crippen LogP contribution in [0.1, 0.15) is 31.2 Å². The number of benzene rings is 1. The maximum absolute atomic E-state index is 6.29. The Labute approximate surface area is 131 Å². The molecule has 2 heterocycles. The van der Waals surface area contributed by atoms with E-state index in [1.54, 1.807) is 0 Å². The fourth-order valence-electron chi connectivity index (χ4n) is 3.58. The number of nitrogens with zero attached hydrogens (tertiary/aromatic N) is 1. The lowest BCUT2D eigenvalue weighted by Crippen LogP contribution is -2.43. The van der Waals surface area contributed by atoms with E-state index in [9.17, 15) is 0 Å². The molecule has 1 aromatic rings. The molecule has 2 nitrogen and oxygen atoms in total. The molecule has 2 unspecified atom stereocenters. The quantitative estimate of drug-likeness (QED) is 0.909. The monoisotopic (exact) mass is 312 g/mol. The minimum Gasteiger partial charge on any atom is -0.314 e. The van der Waals surface area contributed by atoms with Crippen molar-refractivity contribution in [1.82, 2.24) is 10.2 Å². The van der Waals surface area contributed by atoms with Gasteiger partial charge < -0.3 is 5.32 Å². The Bertz CT molecular complexity index is 438. The van der Waals surface area contributed by atoms with Gasteiger partial charge in [-0.3, -0.25) is 4.90 Å². The summed E-state index contributed by atoms with van der Waals surface area (Å²) in [5.74, 6) is 0.785. The van der Waals surface area contributed by atoms with Crippen LogP contribution in [0.15, 0.2) is 18.2 Å². The zero-order chi connectivity index (χ0) is 13.9. The van der Waals surface area contributed by atoms with Gasteiger partial charge in [-0.1, -0.05) is 29.3 Å². The smallest absolute Gasteiger partial charge is 0.0465 e. The van der Waals surface area contributed by atoms with Gasteiger partial charge in [-0.15, -0.1) is 0 Å². The van der Waals surface area contributed by atoms with Gasteiger partial charge in [0.1, 0.15) is 0 Å². The van der Waals surface area contributed by atoms with E-state index in [4.69, 9.17) is 23.2 Å². The van der Waals surface area contributed by atoms with Crippen LogP contribution < -0.4 is 5.32 Å². The Morgan fingerprint density at radius 2 is 1.95 bits per heavy atom. The van der Waals surface area contributed by atoms with Crippen molar-refractivity contribution < 1.29 is 0 Å². The van der Waals surface area contributed by atoms with Crippen LogP contribution in [0.5, 0.6) is 0 Å². The molecule has 2 aliphatic rings. The van der Waals surface area contributed by atoms with E-state index >= 15 is 0 Å². The molecular weight excluding hydrogens is 291 g/mol. The first-order valence-corrected chi connectivity index (χ1v) is 8.38. The van der Waals surface area contributed by atoms with Gasteiger partial charge >= 0.3 is 0 Å². The fourth-order valence-corrected chi connectivity index (χ4v) is 4.10. The predicted molar refractivity (Wildman–Crippen MR) is 85.5 cm³/mol. The minimum atomic E-state index is 0.722. The number of hydrogen-bond acceptors (Lipinski definition) is 2. The van der Waals surface area contributed by atoms with Crippen LogP contribution in [0.2, 0.25) is 10.0 Å². The standard InChI is InChI=1S/C16H22Cl2N2/c17-14-5-1-6-15(18)13(14)11-20-9-3-4-12(10-20)16-7-2-8-19-16/h1,5-6,12,16,19H,2-4,7-11H2. The van der Waals surface area contributed by atoms with E-state index in [-0.39, 0.29) is 0 Å². The summed E-state index contributed by atoms with van der Waals surface area (Å²) in [6.45, 7) is 4.39. The third-order valence-corrected chi connectivity index (χ3v) is 5.36. The molecule has 0 aromatic heterocycles. The number of piperidine rings is 1. The molecule has 20 heavy (non-hydrogen) atoms. The number of rotatable bonds is 3. The highest BCUT2D eigenvalue weighted by atomic mass is 35.5. The molecule has 4 heteroatoms. The summed E-state index contributed by atoms with van der Waals surface area (Å²) >= 11 is 12.6. The number of nitrogens with one attached hydrogen (secondary N) is 1. The lowest BCUT2D eigenvalue weighted by molar-refractivity contribution is 0.145. The van der Waals surface area contributed by atoms with Gasteiger partial charge in [-0.25, -0.2) is 0 Å². The third kappa shape index (κ3) is 3.30. The average Bonchev–Trinajstić information content (AvgIpc) is 2.98. The zero-order valence-corrected chi connectivity index (χ0v) is 13.3. The van der Waals surface area contributed by atoms with E-state index in [1.807, 2.05) is 18.2 Å². The van der Waals surface area contributed by atoms with Gasteiger partial charge in [0.2, 0.25) is 0 Å². The van der Waals surface area contributed by atoms with E-state index in [2.05, 4.69) is 10.2 Å². The van der Waals surface area contributed by atoms with Gasteiger partial charge in [0.05, 0.1) is 0 Å². The van der Waals surface area contributed by atoms with Gasteiger partial charge in [-0.2, -0.15) is 0 Å². The fraction of sp³-hybridized carbons (Fsp3) is 0.625. The molecule has 0 spiro atoms. The molecule has 0 amide bonds. The highest BCUT2D eigenvalue weighted by molar-refractivity contribution is 6.35. The Kier molecular flexibility index (Phi) is 4.87. The Morgan fingerprint density at radius 1 is 1.15 bits per heavy atom. The number of hydrogen-bond donors (Lipinski definition) is 1. The highest BCUT2D eigenvalue weighted by Gasteiger charge is 2.29. The Morgan fingerprint density at radius 3 is 2.65 bits per heavy atom. The van der Waals surface area contributed by atoms with Crippen molar-refractivity contribution in [3.63, 3.8) is 0 Å². The van der Waals surface area contributed by atoms with E-state index in [0.717, 1.165) is 40.7 Å². The van der Waals surface area contributed by atoms with Crippen LogP contribution >= 0.6 is 23.2 Å². The summed E-state index contributed by atoms with van der Waals surface area (Å²) < 4.78 is 0. The topological polar surface area (TPSA) is 15.3 Å². The molecule has 0 aliphatic carbocycles. The summed E-state index contributed by atoms with van der Waals surface area (Å²) in [5.41, 5.74) is 1.08. The Hall–Kier alpha value is -0.280. The number of likely N-dealkylation sites (tertiary alicyclic amines) is 1. The van der Waals surface area contributed by atoms with E-state index in [0.29, 0.717) is 0 Å². The molecule has 2 fully saturated rings. The summed E-state index contributed by atoms with van der Waals surface area (Å²) in [4.78, 5) is 2.52. The molecule has 2 saturated heterocycles. The summed E-state index contributed by atoms with van der Waals surface area (Å²) in [7, 11) is 0. The molecular formula is C16H22Cl2N2. The van der Waals surface area contributed by atoms with Crippen molar-refractivity contribution in [3.05, 3.63) is 33.8 Å². The van der Waals surface area contributed by atoms with Crippen LogP contribution in [-0.2, 0) is 6.54 Å². The second-order valence-corrected chi connectivity index (χ2v) is 6.85. The lowest BCUT2D eigenvalue weighted by Gasteiger charge is -2.36. The van der Waals surface area contributed by atoms with Crippen LogP contribution in [0.25, 0.3) is 0 Å². The SMILES string of the molecule is Clc1cccc(Cl)c1CN1CCCC(C2CCCN2)C1. The molecule has 110 valence electrons. The van der Waals surface area contributed by atoms with Gasteiger partial charge in [0, 0.05) is 34.7 Å². The molecule has 2 aliphatic heterocycles. The molecule has 0 bridgehead atoms. The first kappa shape index (κ1) is 14.6. The second-order valence-electron chi connectivity index (χ2n) is 6.04. The van der Waals surface area contributed by atoms with Gasteiger partial charge in [0.25, 0.3) is 0 Å². The third-order valence-electron chi connectivity index (χ3n) is 4.65. The first-order chi connectivity index (χ1) is 9.74. The van der Waals surface area contributed by atoms with Crippen LogP contribution in [-0.4, -0.2) is 30.6 Å². The van der Waals surface area contributed by atoms with Crippen molar-refractivity contribution in [3.8, 4) is 0 Å². The minimum absolute atomic E-state index is 0.722. The van der Waals surface area contributed by atoms with Crippen LogP contribution in [0.4, 0.5) is 0 Å². The second kappa shape index (κ2) is 6.65. The molecule has 2 atom stereocenters. The molecule has 3 rings (SSSR count). The summed E-state index contributed by atoms with van der Waals surface area (Å²) in [6.07, 6.45) is 5.30. The molecule has 0 radical (unpaired) electrons. The molecule has 1 aromatic carbocycles. The summed E-state index contributed by atoms with van der Waals surface area (Å²) in [5, 5.41) is 5.24. The maximum Gasteiger partial charge on any atom is 0.0465 e. The largest absolute Gasteiger partial charge is 0.314 e. The molecule has 0 saturated carbocycles. The first-order valence-electron chi connectivity index (χ1n) is 7.62. The summed E-state index contributed by atoms with van der Waals surface area (Å²) in [6, 6.07) is 6.50. The lowest BCUT2D eigenvalue weighted by atomic mass is 9.89. The maximum atomic E-state index is 6.29. The average molecular weight is 313 g/mol. The van der Waals surface area contributed by atoms with Gasteiger partial charge in [0.15, 0.2) is 0 Å². The Balaban J connectivity index is 1.65. The van der Waals surface area contributed by atoms with Crippen LogP contribution in [0, 0.1) is 5.92 Å². The van der Waals surface area contributed by atoms with E-state index in [1.165, 1.54) is 38.8 Å². The highest BCUT2D eigenvalue weighted by Crippen LogP contribution is 2.29. The molecule has 1 N–H and O–H groups in total. The normalized spacial score (nSPS) is 27.9. The van der Waals surface area contributed by atoms with Crippen molar-refractivity contribution >= 4 is 23.2 Å².